The Bertz CT molecular complexity index is 530. The van der Waals surface area contributed by atoms with Gasteiger partial charge in [0, 0.05) is 11.3 Å². The maximum absolute atomic E-state index is 10.6. The first kappa shape index (κ1) is 20.1. The Morgan fingerprint density at radius 1 is 1.15 bits per heavy atom. The van der Waals surface area contributed by atoms with Crippen molar-refractivity contribution in [1.29, 1.82) is 0 Å². The van der Waals surface area contributed by atoms with Crippen molar-refractivity contribution in [2.75, 3.05) is 13.2 Å². The monoisotopic (exact) mass is 364 g/mol. The molecule has 2 saturated carbocycles. The van der Waals surface area contributed by atoms with Gasteiger partial charge < -0.3 is 19.7 Å². The molecule has 4 heteroatoms. The van der Waals surface area contributed by atoms with Crippen LogP contribution < -0.4 is 0 Å². The molecule has 6 atom stereocenters. The van der Waals surface area contributed by atoms with Gasteiger partial charge in [-0.2, -0.15) is 0 Å². The first-order valence-corrected chi connectivity index (χ1v) is 10.6. The maximum Gasteiger partial charge on any atom is 0.176 e. The summed E-state index contributed by atoms with van der Waals surface area (Å²) < 4.78 is 12.1. The van der Waals surface area contributed by atoms with Crippen LogP contribution in [0.15, 0.2) is 0 Å². The highest BCUT2D eigenvalue weighted by molar-refractivity contribution is 5.23. The van der Waals surface area contributed by atoms with Gasteiger partial charge in [-0.05, 0) is 31.6 Å². The lowest BCUT2D eigenvalue weighted by molar-refractivity contribution is -0.380. The molecule has 148 valence electrons. The Balaban J connectivity index is 1.61. The highest BCUT2D eigenvalue weighted by atomic mass is 16.7. The van der Waals surface area contributed by atoms with Gasteiger partial charge in [-0.25, -0.2) is 0 Å². The third-order valence-electron chi connectivity index (χ3n) is 7.14. The number of aliphatic hydroxyl groups is 2. The molecule has 1 unspecified atom stereocenters. The van der Waals surface area contributed by atoms with Gasteiger partial charge in [-0.1, -0.05) is 58.3 Å². The van der Waals surface area contributed by atoms with E-state index in [1.165, 1.54) is 19.3 Å². The fraction of sp³-hybridized carbons (Fsp3) is 0.909. The number of aliphatic hydroxyl groups excluding tert-OH is 2. The summed E-state index contributed by atoms with van der Waals surface area (Å²) in [7, 11) is 0. The molecule has 1 saturated heterocycles. The molecule has 0 aromatic rings. The number of unbranched alkanes of at least 4 members (excludes halogenated alkanes) is 4. The van der Waals surface area contributed by atoms with E-state index in [2.05, 4.69) is 32.6 Å². The van der Waals surface area contributed by atoms with E-state index in [4.69, 9.17) is 9.47 Å². The van der Waals surface area contributed by atoms with Crippen molar-refractivity contribution in [3.8, 4) is 11.8 Å². The van der Waals surface area contributed by atoms with Crippen LogP contribution >= 0.6 is 0 Å². The van der Waals surface area contributed by atoms with Crippen LogP contribution in [0.1, 0.15) is 72.1 Å². The fourth-order valence-corrected chi connectivity index (χ4v) is 5.77. The predicted molar refractivity (Wildman–Crippen MR) is 101 cm³/mol. The van der Waals surface area contributed by atoms with Crippen molar-refractivity contribution in [2.45, 2.75) is 90.1 Å². The summed E-state index contributed by atoms with van der Waals surface area (Å²) in [5.41, 5.74) is -0.0907. The molecule has 0 radical (unpaired) electrons. The SMILES string of the molecule is CCCCCCC[C@H](O)C#C[C@@H]1[C@@H](O)CC[C@]2(C)[C@H]1C(C)C21OCCO1. The predicted octanol–water partition coefficient (Wildman–Crippen LogP) is 3.50. The molecular weight excluding hydrogens is 328 g/mol. The van der Waals surface area contributed by atoms with Gasteiger partial charge in [0.05, 0.1) is 25.2 Å². The third kappa shape index (κ3) is 3.33. The lowest BCUT2D eigenvalue weighted by Crippen LogP contribution is -2.73. The fourth-order valence-electron chi connectivity index (χ4n) is 5.77. The number of fused-ring (bicyclic) bond motifs is 2. The van der Waals surface area contributed by atoms with E-state index in [1.54, 1.807) is 0 Å². The molecule has 2 N–H and O–H groups in total. The number of hydrogen-bond acceptors (Lipinski definition) is 4. The molecule has 1 heterocycles. The maximum atomic E-state index is 10.6. The molecule has 2 aliphatic carbocycles. The summed E-state index contributed by atoms with van der Waals surface area (Å²) in [5, 5.41) is 20.8. The summed E-state index contributed by atoms with van der Waals surface area (Å²) in [4.78, 5) is 0. The molecule has 1 spiro atoms. The van der Waals surface area contributed by atoms with Crippen molar-refractivity contribution in [2.24, 2.45) is 23.2 Å². The van der Waals surface area contributed by atoms with Crippen LogP contribution in [0.5, 0.6) is 0 Å². The van der Waals surface area contributed by atoms with Crippen LogP contribution in [0.25, 0.3) is 0 Å². The van der Waals surface area contributed by atoms with Crippen LogP contribution in [0, 0.1) is 35.0 Å². The van der Waals surface area contributed by atoms with Crippen LogP contribution in [0.4, 0.5) is 0 Å². The second kappa shape index (κ2) is 8.19. The smallest absolute Gasteiger partial charge is 0.176 e. The summed E-state index contributed by atoms with van der Waals surface area (Å²) in [6.07, 6.45) is 7.26. The Labute approximate surface area is 158 Å². The Morgan fingerprint density at radius 2 is 1.85 bits per heavy atom. The average Bonchev–Trinajstić information content (AvgIpc) is 3.15. The van der Waals surface area contributed by atoms with Crippen molar-refractivity contribution in [1.82, 2.24) is 0 Å². The van der Waals surface area contributed by atoms with E-state index in [9.17, 15) is 10.2 Å². The molecule has 0 aromatic carbocycles. The van der Waals surface area contributed by atoms with E-state index in [0.717, 1.165) is 32.1 Å². The Kier molecular flexibility index (Phi) is 6.34. The minimum Gasteiger partial charge on any atom is -0.392 e. The highest BCUT2D eigenvalue weighted by Gasteiger charge is 2.74. The van der Waals surface area contributed by atoms with Gasteiger partial charge in [-0.3, -0.25) is 0 Å². The Hall–Kier alpha value is -0.600. The zero-order valence-electron chi connectivity index (χ0n) is 16.7. The molecule has 3 aliphatic rings. The van der Waals surface area contributed by atoms with Crippen molar-refractivity contribution < 1.29 is 19.7 Å². The van der Waals surface area contributed by atoms with Crippen LogP contribution in [-0.2, 0) is 9.47 Å². The summed E-state index contributed by atoms with van der Waals surface area (Å²) in [5.74, 6) is 6.18. The second-order valence-corrected chi connectivity index (χ2v) is 8.74. The molecule has 0 amide bonds. The van der Waals surface area contributed by atoms with Crippen molar-refractivity contribution in [3.63, 3.8) is 0 Å². The van der Waals surface area contributed by atoms with Crippen molar-refractivity contribution >= 4 is 0 Å². The van der Waals surface area contributed by atoms with E-state index in [-0.39, 0.29) is 23.2 Å². The second-order valence-electron chi connectivity index (χ2n) is 8.74. The highest BCUT2D eigenvalue weighted by Crippen LogP contribution is 2.69. The summed E-state index contributed by atoms with van der Waals surface area (Å²) in [6.45, 7) is 7.91. The largest absolute Gasteiger partial charge is 0.392 e. The third-order valence-corrected chi connectivity index (χ3v) is 7.14. The zero-order chi connectivity index (χ0) is 18.8. The molecule has 4 nitrogen and oxygen atoms in total. The summed E-state index contributed by atoms with van der Waals surface area (Å²) in [6, 6.07) is 0. The lowest BCUT2D eigenvalue weighted by atomic mass is 9.42. The van der Waals surface area contributed by atoms with Crippen molar-refractivity contribution in [3.05, 3.63) is 0 Å². The number of rotatable bonds is 6. The van der Waals surface area contributed by atoms with Gasteiger partial charge in [0.2, 0.25) is 0 Å². The minimum atomic E-state index is -0.583. The molecule has 26 heavy (non-hydrogen) atoms. The van der Waals surface area contributed by atoms with Gasteiger partial charge >= 0.3 is 0 Å². The normalized spacial score (nSPS) is 39.0. The topological polar surface area (TPSA) is 58.9 Å². The van der Waals surface area contributed by atoms with Gasteiger partial charge in [0.15, 0.2) is 5.79 Å². The van der Waals surface area contributed by atoms with Gasteiger partial charge in [-0.15, -0.1) is 0 Å². The first-order valence-electron chi connectivity index (χ1n) is 10.6. The minimum absolute atomic E-state index is 0.0907. The average molecular weight is 365 g/mol. The lowest BCUT2D eigenvalue weighted by Gasteiger charge is -2.68. The van der Waals surface area contributed by atoms with Crippen LogP contribution in [0.3, 0.4) is 0 Å². The Morgan fingerprint density at radius 3 is 2.54 bits per heavy atom. The van der Waals surface area contributed by atoms with Gasteiger partial charge in [0.1, 0.15) is 6.10 Å². The van der Waals surface area contributed by atoms with E-state index in [1.807, 2.05) is 0 Å². The first-order chi connectivity index (χ1) is 12.5. The molecule has 3 rings (SSSR count). The van der Waals surface area contributed by atoms with Crippen LogP contribution in [0.2, 0.25) is 0 Å². The standard InChI is InChI=1S/C22H36O4/c1-4-5-6-7-8-9-17(23)10-11-18-19(24)12-13-21(3)20(18)16(2)22(21)25-14-15-26-22/h16-20,23-24H,4-9,12-15H2,1-3H3/t16?,17-,18+,19-,20-,21+/m0/s1. The van der Waals surface area contributed by atoms with E-state index in [0.29, 0.717) is 13.2 Å². The number of hydrogen-bond donors (Lipinski definition) is 2. The van der Waals surface area contributed by atoms with Crippen LogP contribution in [-0.4, -0.2) is 41.4 Å². The van der Waals surface area contributed by atoms with E-state index < -0.39 is 18.0 Å². The molecular formula is C22H36O4. The number of ether oxygens (including phenoxy) is 2. The summed E-state index contributed by atoms with van der Waals surface area (Å²) >= 11 is 0. The van der Waals surface area contributed by atoms with E-state index >= 15 is 0 Å². The quantitative estimate of drug-likeness (QED) is 0.559. The zero-order valence-corrected chi connectivity index (χ0v) is 16.7. The molecule has 3 fully saturated rings. The van der Waals surface area contributed by atoms with Gasteiger partial charge in [0.25, 0.3) is 0 Å². The molecule has 0 bridgehead atoms. The molecule has 0 aromatic heterocycles. The molecule has 1 aliphatic heterocycles.